The van der Waals surface area contributed by atoms with Crippen molar-refractivity contribution in [3.05, 3.63) is 47.4 Å². The maximum Gasteiger partial charge on any atom is 0.291 e. The monoisotopic (exact) mass is 322 g/mol. The van der Waals surface area contributed by atoms with Gasteiger partial charge in [-0.1, -0.05) is 6.07 Å². The van der Waals surface area contributed by atoms with Gasteiger partial charge in [-0.05, 0) is 43.7 Å². The first-order chi connectivity index (χ1) is 10.2. The molecule has 2 aromatic rings. The van der Waals surface area contributed by atoms with Crippen molar-refractivity contribution in [2.45, 2.75) is 18.7 Å². The van der Waals surface area contributed by atoms with E-state index in [1.807, 2.05) is 0 Å². The van der Waals surface area contributed by atoms with Gasteiger partial charge < -0.3 is 9.73 Å². The van der Waals surface area contributed by atoms with Gasteiger partial charge in [0.15, 0.2) is 5.76 Å². The Morgan fingerprint density at radius 3 is 2.36 bits per heavy atom. The molecule has 1 heterocycles. The van der Waals surface area contributed by atoms with Crippen LogP contribution in [0.2, 0.25) is 0 Å². The summed E-state index contributed by atoms with van der Waals surface area (Å²) in [7, 11) is -0.640. The van der Waals surface area contributed by atoms with Crippen LogP contribution in [0.25, 0.3) is 0 Å². The topological polar surface area (TPSA) is 79.6 Å². The second kappa shape index (κ2) is 5.94. The molecule has 1 aromatic carbocycles. The fraction of sp³-hybridized carbons (Fsp3) is 0.267. The number of sulfonamides is 1. The van der Waals surface area contributed by atoms with Crippen molar-refractivity contribution < 1.29 is 17.6 Å². The summed E-state index contributed by atoms with van der Waals surface area (Å²) in [6.45, 7) is 3.45. The van der Waals surface area contributed by atoms with E-state index in [9.17, 15) is 13.2 Å². The van der Waals surface area contributed by atoms with E-state index in [2.05, 4.69) is 5.32 Å². The van der Waals surface area contributed by atoms with Crippen molar-refractivity contribution in [3.63, 3.8) is 0 Å². The molecule has 1 N–H and O–H groups in total. The zero-order valence-corrected chi connectivity index (χ0v) is 13.7. The second-order valence-corrected chi connectivity index (χ2v) is 7.25. The molecule has 0 radical (unpaired) electrons. The maximum absolute atomic E-state index is 12.3. The average molecular weight is 322 g/mol. The van der Waals surface area contributed by atoms with E-state index in [1.54, 1.807) is 38.1 Å². The summed E-state index contributed by atoms with van der Waals surface area (Å²) in [5.41, 5.74) is 1.01. The van der Waals surface area contributed by atoms with E-state index in [4.69, 9.17) is 4.42 Å². The van der Waals surface area contributed by atoms with Gasteiger partial charge in [0.05, 0.1) is 4.90 Å². The van der Waals surface area contributed by atoms with Crippen molar-refractivity contribution in [3.8, 4) is 0 Å². The molecule has 2 rings (SSSR count). The molecule has 0 saturated carbocycles. The number of benzene rings is 1. The van der Waals surface area contributed by atoms with E-state index >= 15 is 0 Å². The normalized spacial score (nSPS) is 11.7. The molecule has 22 heavy (non-hydrogen) atoms. The molecule has 0 spiro atoms. The van der Waals surface area contributed by atoms with Gasteiger partial charge in [0.25, 0.3) is 5.91 Å². The minimum atomic E-state index is -3.57. The van der Waals surface area contributed by atoms with Crippen LogP contribution in [0.3, 0.4) is 0 Å². The number of hydrogen-bond donors (Lipinski definition) is 1. The van der Waals surface area contributed by atoms with E-state index in [0.717, 1.165) is 4.31 Å². The molecular formula is C15H18N2O4S. The summed E-state index contributed by atoms with van der Waals surface area (Å²) >= 11 is 0. The van der Waals surface area contributed by atoms with Crippen LogP contribution < -0.4 is 5.32 Å². The van der Waals surface area contributed by atoms with Gasteiger partial charge in [-0.25, -0.2) is 12.7 Å². The Bertz CT molecular complexity index is 807. The second-order valence-electron chi connectivity index (χ2n) is 5.13. The van der Waals surface area contributed by atoms with Crippen LogP contribution >= 0.6 is 0 Å². The summed E-state index contributed by atoms with van der Waals surface area (Å²) in [5, 5.41) is 2.63. The molecule has 0 unspecified atom stereocenters. The quantitative estimate of drug-likeness (QED) is 0.937. The highest BCUT2D eigenvalue weighted by Crippen LogP contribution is 2.23. The lowest BCUT2D eigenvalue weighted by atomic mass is 10.2. The fourth-order valence-corrected chi connectivity index (χ4v) is 3.05. The third-order valence-corrected chi connectivity index (χ3v) is 5.13. The van der Waals surface area contributed by atoms with Crippen molar-refractivity contribution in [2.24, 2.45) is 0 Å². The highest BCUT2D eigenvalue weighted by atomic mass is 32.2. The molecule has 0 atom stereocenters. The Morgan fingerprint density at radius 1 is 1.14 bits per heavy atom. The van der Waals surface area contributed by atoms with E-state index in [-0.39, 0.29) is 10.7 Å². The molecular weight excluding hydrogens is 304 g/mol. The standard InChI is InChI=1S/C15H18N2O4S/c1-10-5-7-12(9-14(10)22(19,20)17(3)4)16-15(18)13-8-6-11(2)21-13/h5-9H,1-4H3,(H,16,18). The summed E-state index contributed by atoms with van der Waals surface area (Å²) in [6.07, 6.45) is 0. The third kappa shape index (κ3) is 3.20. The average Bonchev–Trinajstić information content (AvgIpc) is 2.87. The molecule has 6 nitrogen and oxygen atoms in total. The first-order valence-corrected chi connectivity index (χ1v) is 8.07. The van der Waals surface area contributed by atoms with E-state index in [0.29, 0.717) is 17.0 Å². The van der Waals surface area contributed by atoms with Crippen LogP contribution in [0.1, 0.15) is 21.9 Å². The van der Waals surface area contributed by atoms with Crippen molar-refractivity contribution >= 4 is 21.6 Å². The lowest BCUT2D eigenvalue weighted by Gasteiger charge is -2.15. The lowest BCUT2D eigenvalue weighted by Crippen LogP contribution is -2.23. The Hall–Kier alpha value is -2.12. The number of rotatable bonds is 4. The molecule has 0 fully saturated rings. The maximum atomic E-state index is 12.3. The molecule has 7 heteroatoms. The SMILES string of the molecule is Cc1ccc(C(=O)Nc2ccc(C)c(S(=O)(=O)N(C)C)c2)o1. The number of hydrogen-bond acceptors (Lipinski definition) is 4. The Kier molecular flexibility index (Phi) is 4.39. The summed E-state index contributed by atoms with van der Waals surface area (Å²) in [4.78, 5) is 12.2. The van der Waals surface area contributed by atoms with Gasteiger partial charge in [0, 0.05) is 19.8 Å². The molecule has 118 valence electrons. The molecule has 0 aliphatic heterocycles. The third-order valence-electron chi connectivity index (χ3n) is 3.17. The van der Waals surface area contributed by atoms with Gasteiger partial charge in [-0.15, -0.1) is 0 Å². The van der Waals surface area contributed by atoms with Gasteiger partial charge in [0.2, 0.25) is 10.0 Å². The van der Waals surface area contributed by atoms with Crippen LogP contribution in [0.15, 0.2) is 39.6 Å². The summed E-state index contributed by atoms with van der Waals surface area (Å²) in [6, 6.07) is 8.00. The van der Waals surface area contributed by atoms with Crippen molar-refractivity contribution in [1.82, 2.24) is 4.31 Å². The number of amides is 1. The first-order valence-electron chi connectivity index (χ1n) is 6.63. The summed E-state index contributed by atoms with van der Waals surface area (Å²) in [5.74, 6) is 0.380. The number of carbonyl (C=O) groups is 1. The molecule has 0 aliphatic rings. The number of anilines is 1. The van der Waals surface area contributed by atoms with Crippen LogP contribution in [0.5, 0.6) is 0 Å². The predicted octanol–water partition coefficient (Wildman–Crippen LogP) is 2.40. The molecule has 0 saturated heterocycles. The molecule has 1 amide bonds. The van der Waals surface area contributed by atoms with Crippen molar-refractivity contribution in [1.29, 1.82) is 0 Å². The number of nitrogens with one attached hydrogen (secondary N) is 1. The predicted molar refractivity (Wildman–Crippen MR) is 83.5 cm³/mol. The van der Waals surface area contributed by atoms with Crippen molar-refractivity contribution in [2.75, 3.05) is 19.4 Å². The van der Waals surface area contributed by atoms with E-state index < -0.39 is 15.9 Å². The van der Waals surface area contributed by atoms with E-state index in [1.165, 1.54) is 20.2 Å². The molecule has 0 aliphatic carbocycles. The van der Waals surface area contributed by atoms with Crippen LogP contribution in [-0.4, -0.2) is 32.7 Å². The minimum absolute atomic E-state index is 0.158. The number of aryl methyl sites for hydroxylation is 2. The Balaban J connectivity index is 2.32. The fourth-order valence-electron chi connectivity index (χ4n) is 1.90. The number of carbonyl (C=O) groups excluding carboxylic acids is 1. The highest BCUT2D eigenvalue weighted by molar-refractivity contribution is 7.89. The zero-order chi connectivity index (χ0) is 16.5. The van der Waals surface area contributed by atoms with Gasteiger partial charge in [-0.2, -0.15) is 0 Å². The smallest absolute Gasteiger partial charge is 0.291 e. The van der Waals surface area contributed by atoms with Gasteiger partial charge in [-0.3, -0.25) is 4.79 Å². The molecule has 1 aromatic heterocycles. The summed E-state index contributed by atoms with van der Waals surface area (Å²) < 4.78 is 30.9. The molecule has 0 bridgehead atoms. The highest BCUT2D eigenvalue weighted by Gasteiger charge is 2.20. The number of nitrogens with zero attached hydrogens (tertiary/aromatic N) is 1. The first kappa shape index (κ1) is 16.3. The van der Waals surface area contributed by atoms with Gasteiger partial charge in [0.1, 0.15) is 5.76 Å². The van der Waals surface area contributed by atoms with Crippen LogP contribution in [0.4, 0.5) is 5.69 Å². The number of furan rings is 1. The van der Waals surface area contributed by atoms with Gasteiger partial charge >= 0.3 is 0 Å². The zero-order valence-electron chi connectivity index (χ0n) is 12.9. The Morgan fingerprint density at radius 2 is 1.82 bits per heavy atom. The lowest BCUT2D eigenvalue weighted by molar-refractivity contribution is 0.0995. The largest absolute Gasteiger partial charge is 0.456 e. The van der Waals surface area contributed by atoms with Crippen LogP contribution in [0, 0.1) is 13.8 Å². The van der Waals surface area contributed by atoms with Crippen LogP contribution in [-0.2, 0) is 10.0 Å². The minimum Gasteiger partial charge on any atom is -0.456 e. The Labute approximate surface area is 129 Å².